The molecule has 0 aliphatic carbocycles. The summed E-state index contributed by atoms with van der Waals surface area (Å²) in [6.45, 7) is 5.68. The lowest BCUT2D eigenvalue weighted by molar-refractivity contribution is -0.144. The van der Waals surface area contributed by atoms with Gasteiger partial charge in [-0.1, -0.05) is 19.0 Å². The van der Waals surface area contributed by atoms with Crippen LogP contribution in [-0.2, 0) is 4.79 Å². The van der Waals surface area contributed by atoms with Gasteiger partial charge in [-0.05, 0) is 43.3 Å². The molecular formula is C17H21N3O4S. The van der Waals surface area contributed by atoms with Crippen LogP contribution in [0.1, 0.15) is 54.4 Å². The largest absolute Gasteiger partial charge is 0.480 e. The quantitative estimate of drug-likeness (QED) is 0.860. The molecule has 0 aromatic carbocycles. The number of aryl methyl sites for hydroxylation is 1. The molecule has 25 heavy (non-hydrogen) atoms. The van der Waals surface area contributed by atoms with Crippen molar-refractivity contribution < 1.29 is 19.2 Å². The zero-order valence-electron chi connectivity index (χ0n) is 14.5. The Labute approximate surface area is 149 Å². The number of carbonyl (C=O) groups is 2. The number of aromatic nitrogens is 2. The zero-order valence-corrected chi connectivity index (χ0v) is 15.3. The van der Waals surface area contributed by atoms with Crippen LogP contribution in [-0.4, -0.2) is 44.2 Å². The number of carbonyl (C=O) groups excluding carboxylic acids is 1. The molecule has 1 amide bonds. The highest BCUT2D eigenvalue weighted by atomic mass is 32.2. The molecule has 7 nitrogen and oxygen atoms in total. The molecule has 0 bridgehead atoms. The van der Waals surface area contributed by atoms with Crippen LogP contribution in [0.25, 0.3) is 11.1 Å². The van der Waals surface area contributed by atoms with Crippen LogP contribution >= 0.6 is 11.8 Å². The van der Waals surface area contributed by atoms with E-state index in [1.807, 2.05) is 13.8 Å². The minimum atomic E-state index is -1.22. The van der Waals surface area contributed by atoms with Crippen LogP contribution < -0.4 is 5.32 Å². The lowest BCUT2D eigenvalue weighted by Crippen LogP contribution is -2.56. The molecule has 134 valence electrons. The third-order valence-electron chi connectivity index (χ3n) is 4.58. The van der Waals surface area contributed by atoms with Gasteiger partial charge in [-0.2, -0.15) is 11.8 Å². The van der Waals surface area contributed by atoms with Gasteiger partial charge in [0.2, 0.25) is 0 Å². The highest BCUT2D eigenvalue weighted by Crippen LogP contribution is 2.30. The van der Waals surface area contributed by atoms with E-state index in [2.05, 4.69) is 15.5 Å². The molecule has 0 saturated carbocycles. The predicted molar refractivity (Wildman–Crippen MR) is 95.0 cm³/mol. The van der Waals surface area contributed by atoms with Crippen LogP contribution in [0.2, 0.25) is 0 Å². The first-order valence-corrected chi connectivity index (χ1v) is 9.40. The smallest absolute Gasteiger partial charge is 0.329 e. The Morgan fingerprint density at radius 3 is 2.64 bits per heavy atom. The van der Waals surface area contributed by atoms with Gasteiger partial charge in [0.05, 0.1) is 16.6 Å². The molecule has 1 aliphatic heterocycles. The third kappa shape index (κ3) is 3.22. The molecule has 1 aliphatic rings. The second kappa shape index (κ2) is 6.67. The van der Waals surface area contributed by atoms with Crippen molar-refractivity contribution in [3.63, 3.8) is 0 Å². The Morgan fingerprint density at radius 2 is 2.04 bits per heavy atom. The molecule has 0 radical (unpaired) electrons. The van der Waals surface area contributed by atoms with Gasteiger partial charge in [0.25, 0.3) is 11.6 Å². The van der Waals surface area contributed by atoms with Crippen molar-refractivity contribution in [3.8, 4) is 0 Å². The maximum absolute atomic E-state index is 13.0. The molecule has 0 unspecified atom stereocenters. The third-order valence-corrected chi connectivity index (χ3v) is 5.57. The van der Waals surface area contributed by atoms with E-state index in [9.17, 15) is 14.7 Å². The number of carboxylic acids is 1. The molecule has 2 N–H and O–H groups in total. The Balaban J connectivity index is 2.04. The fourth-order valence-electron chi connectivity index (χ4n) is 2.99. The summed E-state index contributed by atoms with van der Waals surface area (Å²) in [6.07, 6.45) is 0.819. The number of carboxylic acid groups (broad SMARTS) is 1. The second-order valence-corrected chi connectivity index (χ2v) is 7.88. The lowest BCUT2D eigenvalue weighted by atomic mass is 9.91. The van der Waals surface area contributed by atoms with Gasteiger partial charge in [-0.25, -0.2) is 9.78 Å². The Morgan fingerprint density at radius 1 is 1.36 bits per heavy atom. The van der Waals surface area contributed by atoms with Crippen molar-refractivity contribution in [2.45, 2.75) is 45.1 Å². The summed E-state index contributed by atoms with van der Waals surface area (Å²) in [6, 6.07) is 1.71. The number of thioether (sulfide) groups is 1. The summed E-state index contributed by atoms with van der Waals surface area (Å²) in [7, 11) is 0. The highest BCUT2D eigenvalue weighted by molar-refractivity contribution is 7.99. The number of amides is 1. The summed E-state index contributed by atoms with van der Waals surface area (Å²) >= 11 is 1.70. The van der Waals surface area contributed by atoms with Crippen LogP contribution in [0, 0.1) is 6.92 Å². The van der Waals surface area contributed by atoms with Crippen molar-refractivity contribution in [2.75, 3.05) is 11.5 Å². The van der Waals surface area contributed by atoms with Crippen molar-refractivity contribution >= 4 is 34.7 Å². The molecule has 2 aromatic rings. The summed E-state index contributed by atoms with van der Waals surface area (Å²) in [5.41, 5.74) is 0.716. The first-order chi connectivity index (χ1) is 11.8. The first-order valence-electron chi connectivity index (χ1n) is 8.24. The number of nitrogens with one attached hydrogen (secondary N) is 1. The van der Waals surface area contributed by atoms with E-state index in [1.54, 1.807) is 24.8 Å². The van der Waals surface area contributed by atoms with Gasteiger partial charge in [-0.3, -0.25) is 4.79 Å². The Hall–Kier alpha value is -2.09. The van der Waals surface area contributed by atoms with Crippen LogP contribution in [0.4, 0.5) is 0 Å². The number of nitrogens with zero attached hydrogens (tertiary/aromatic N) is 2. The topological polar surface area (TPSA) is 105 Å². The van der Waals surface area contributed by atoms with Crippen LogP contribution in [0.3, 0.4) is 0 Å². The molecule has 8 heteroatoms. The fourth-order valence-corrected chi connectivity index (χ4v) is 4.18. The van der Waals surface area contributed by atoms with Crippen LogP contribution in [0.15, 0.2) is 10.6 Å². The summed E-state index contributed by atoms with van der Waals surface area (Å²) in [4.78, 5) is 29.2. The molecule has 1 saturated heterocycles. The molecular weight excluding hydrogens is 342 g/mol. The minimum Gasteiger partial charge on any atom is -0.480 e. The van der Waals surface area contributed by atoms with E-state index in [0.29, 0.717) is 52.4 Å². The average molecular weight is 363 g/mol. The van der Waals surface area contributed by atoms with Gasteiger partial charge in [0.15, 0.2) is 0 Å². The van der Waals surface area contributed by atoms with Gasteiger partial charge in [0.1, 0.15) is 5.54 Å². The minimum absolute atomic E-state index is 0.0980. The normalized spacial score (nSPS) is 17.0. The Bertz CT molecular complexity index is 825. The van der Waals surface area contributed by atoms with E-state index in [4.69, 9.17) is 4.52 Å². The maximum Gasteiger partial charge on any atom is 0.329 e. The number of fused-ring (bicyclic) bond motifs is 1. The van der Waals surface area contributed by atoms with E-state index in [-0.39, 0.29) is 5.92 Å². The van der Waals surface area contributed by atoms with Gasteiger partial charge in [-0.15, -0.1) is 0 Å². The van der Waals surface area contributed by atoms with Crippen molar-refractivity contribution in [1.29, 1.82) is 0 Å². The zero-order chi connectivity index (χ0) is 18.2. The number of hydrogen-bond donors (Lipinski definition) is 2. The van der Waals surface area contributed by atoms with Gasteiger partial charge >= 0.3 is 5.97 Å². The molecule has 3 rings (SSSR count). The van der Waals surface area contributed by atoms with Crippen LogP contribution in [0.5, 0.6) is 0 Å². The second-order valence-electron chi connectivity index (χ2n) is 6.65. The molecule has 2 aromatic heterocycles. The number of hydrogen-bond acceptors (Lipinski definition) is 6. The maximum atomic E-state index is 13.0. The SMILES string of the molecule is Cc1noc2nc(C(C)C)cc(C(=O)NC3(C(=O)O)CCSCC3)c12. The van der Waals surface area contributed by atoms with Gasteiger partial charge in [0, 0.05) is 5.69 Å². The monoisotopic (exact) mass is 363 g/mol. The standard InChI is InChI=1S/C17H21N3O4S/c1-9(2)12-8-11(13-10(3)20-24-15(13)18-12)14(21)19-17(16(22)23)4-6-25-7-5-17/h8-9H,4-7H2,1-3H3,(H,19,21)(H,22,23). The molecule has 3 heterocycles. The fraction of sp³-hybridized carbons (Fsp3) is 0.529. The van der Waals surface area contributed by atoms with Crippen molar-refractivity contribution in [3.05, 3.63) is 23.0 Å². The van der Waals surface area contributed by atoms with E-state index in [0.717, 1.165) is 0 Å². The summed E-state index contributed by atoms with van der Waals surface area (Å²) < 4.78 is 5.23. The molecule has 0 spiro atoms. The first kappa shape index (κ1) is 17.7. The van der Waals surface area contributed by atoms with E-state index >= 15 is 0 Å². The van der Waals surface area contributed by atoms with E-state index < -0.39 is 17.4 Å². The van der Waals surface area contributed by atoms with E-state index in [1.165, 1.54) is 0 Å². The summed E-state index contributed by atoms with van der Waals surface area (Å²) in [5.74, 6) is 0.109. The number of rotatable bonds is 4. The predicted octanol–water partition coefficient (Wildman–Crippen LogP) is 2.73. The Kier molecular flexibility index (Phi) is 4.73. The molecule has 0 atom stereocenters. The van der Waals surface area contributed by atoms with Gasteiger partial charge < -0.3 is 14.9 Å². The lowest BCUT2D eigenvalue weighted by Gasteiger charge is -2.33. The summed E-state index contributed by atoms with van der Waals surface area (Å²) in [5, 5.41) is 16.9. The number of pyridine rings is 1. The molecule has 1 fully saturated rings. The highest BCUT2D eigenvalue weighted by Gasteiger charge is 2.41. The van der Waals surface area contributed by atoms with Crippen molar-refractivity contribution in [1.82, 2.24) is 15.5 Å². The average Bonchev–Trinajstić information content (AvgIpc) is 2.96. The number of aliphatic carboxylic acids is 1. The van der Waals surface area contributed by atoms with Crippen molar-refractivity contribution in [2.24, 2.45) is 0 Å².